The number of hydrogen-bond donors (Lipinski definition) is 6. The molecule has 0 aliphatic carbocycles. The maximum atomic E-state index is 13.2. The Hall–Kier alpha value is -3.02. The molecule has 9 N–H and O–H groups in total. The second-order valence-electron chi connectivity index (χ2n) is 9.52. The van der Waals surface area contributed by atoms with Gasteiger partial charge in [-0.15, -0.1) is 0 Å². The molecule has 1 aliphatic heterocycles. The highest BCUT2D eigenvalue weighted by Gasteiger charge is 2.37. The van der Waals surface area contributed by atoms with E-state index in [1.807, 2.05) is 30.3 Å². The number of nitrogens with one attached hydrogen (secondary N) is 2. The van der Waals surface area contributed by atoms with Gasteiger partial charge in [0.15, 0.2) is 0 Å². The Kier molecular flexibility index (Phi) is 13.0. The van der Waals surface area contributed by atoms with Gasteiger partial charge in [0.05, 0.1) is 6.04 Å². The van der Waals surface area contributed by atoms with Gasteiger partial charge in [0.1, 0.15) is 18.1 Å². The van der Waals surface area contributed by atoms with Crippen LogP contribution in [0.15, 0.2) is 30.3 Å². The molecule has 1 heterocycles. The molecular formula is C26H42N6O5. The second-order valence-corrected chi connectivity index (χ2v) is 9.52. The van der Waals surface area contributed by atoms with E-state index in [4.69, 9.17) is 17.2 Å². The molecule has 1 saturated heterocycles. The van der Waals surface area contributed by atoms with Crippen LogP contribution in [0.25, 0.3) is 0 Å². The molecule has 2 rings (SSSR count). The van der Waals surface area contributed by atoms with Gasteiger partial charge in [0.2, 0.25) is 17.7 Å². The van der Waals surface area contributed by atoms with Crippen LogP contribution in [0.1, 0.15) is 56.9 Å². The van der Waals surface area contributed by atoms with Crippen molar-refractivity contribution in [2.24, 2.45) is 17.2 Å². The predicted molar refractivity (Wildman–Crippen MR) is 140 cm³/mol. The minimum atomic E-state index is -1.14. The molecule has 1 aromatic rings. The first-order chi connectivity index (χ1) is 17.8. The molecular weight excluding hydrogens is 476 g/mol. The Morgan fingerprint density at radius 2 is 1.57 bits per heavy atom. The molecule has 4 atom stereocenters. The van der Waals surface area contributed by atoms with Crippen LogP contribution in [-0.4, -0.2) is 77.5 Å². The molecule has 0 saturated carbocycles. The summed E-state index contributed by atoms with van der Waals surface area (Å²) in [5.41, 5.74) is 18.2. The number of carboxylic acids is 1. The van der Waals surface area contributed by atoms with Gasteiger partial charge in [-0.25, -0.2) is 4.79 Å². The fourth-order valence-electron chi connectivity index (χ4n) is 4.52. The van der Waals surface area contributed by atoms with E-state index < -0.39 is 42.0 Å². The number of unbranched alkanes of at least 4 members (excludes halogenated alkanes) is 2. The third-order valence-corrected chi connectivity index (χ3v) is 6.60. The summed E-state index contributed by atoms with van der Waals surface area (Å²) in [4.78, 5) is 52.5. The zero-order valence-corrected chi connectivity index (χ0v) is 21.4. The molecule has 0 aromatic heterocycles. The van der Waals surface area contributed by atoms with E-state index in [9.17, 15) is 24.3 Å². The van der Waals surface area contributed by atoms with E-state index in [2.05, 4.69) is 10.6 Å². The van der Waals surface area contributed by atoms with Crippen LogP contribution in [0.5, 0.6) is 0 Å². The Morgan fingerprint density at radius 3 is 2.16 bits per heavy atom. The topological polar surface area (TPSA) is 194 Å². The largest absolute Gasteiger partial charge is 0.480 e. The molecule has 206 valence electrons. The van der Waals surface area contributed by atoms with Gasteiger partial charge in [-0.2, -0.15) is 0 Å². The number of amides is 3. The SMILES string of the molecule is NCCCCC(NC(=O)C(CCCCN)NC(=O)C1CCCN1C(=O)C(N)Cc1ccccc1)C(=O)O. The smallest absolute Gasteiger partial charge is 0.326 e. The van der Waals surface area contributed by atoms with Gasteiger partial charge in [0, 0.05) is 6.54 Å². The monoisotopic (exact) mass is 518 g/mol. The zero-order chi connectivity index (χ0) is 27.2. The van der Waals surface area contributed by atoms with Gasteiger partial charge >= 0.3 is 5.97 Å². The summed E-state index contributed by atoms with van der Waals surface area (Å²) < 4.78 is 0. The van der Waals surface area contributed by atoms with Crippen molar-refractivity contribution in [1.82, 2.24) is 15.5 Å². The quantitative estimate of drug-likeness (QED) is 0.163. The van der Waals surface area contributed by atoms with Crippen LogP contribution in [0.3, 0.4) is 0 Å². The summed E-state index contributed by atoms with van der Waals surface area (Å²) in [5.74, 6) is -2.46. The number of carboxylic acid groups (broad SMARTS) is 1. The van der Waals surface area contributed by atoms with Gasteiger partial charge in [-0.05, 0) is 76.4 Å². The fraction of sp³-hybridized carbons (Fsp3) is 0.615. The van der Waals surface area contributed by atoms with Crippen molar-refractivity contribution in [3.05, 3.63) is 35.9 Å². The maximum absolute atomic E-state index is 13.2. The van der Waals surface area contributed by atoms with Crippen LogP contribution in [-0.2, 0) is 25.6 Å². The lowest BCUT2D eigenvalue weighted by molar-refractivity contribution is -0.143. The van der Waals surface area contributed by atoms with E-state index >= 15 is 0 Å². The predicted octanol–water partition coefficient (Wildman–Crippen LogP) is -0.140. The first-order valence-corrected chi connectivity index (χ1v) is 13.1. The number of likely N-dealkylation sites (tertiary alicyclic amines) is 1. The van der Waals surface area contributed by atoms with Gasteiger partial charge < -0.3 is 37.8 Å². The van der Waals surface area contributed by atoms with Gasteiger partial charge in [-0.3, -0.25) is 14.4 Å². The molecule has 0 radical (unpaired) electrons. The van der Waals surface area contributed by atoms with Crippen LogP contribution in [0.2, 0.25) is 0 Å². The fourth-order valence-corrected chi connectivity index (χ4v) is 4.52. The number of aliphatic carboxylic acids is 1. The average molecular weight is 519 g/mol. The lowest BCUT2D eigenvalue weighted by Gasteiger charge is -2.28. The maximum Gasteiger partial charge on any atom is 0.326 e. The highest BCUT2D eigenvalue weighted by Crippen LogP contribution is 2.20. The second kappa shape index (κ2) is 16.0. The Bertz CT molecular complexity index is 883. The molecule has 1 aromatic carbocycles. The summed E-state index contributed by atoms with van der Waals surface area (Å²) in [5, 5.41) is 14.8. The minimum Gasteiger partial charge on any atom is -0.480 e. The van der Waals surface area contributed by atoms with Crippen molar-refractivity contribution in [1.29, 1.82) is 0 Å². The first kappa shape index (κ1) is 30.2. The third-order valence-electron chi connectivity index (χ3n) is 6.60. The number of carbonyl (C=O) groups is 4. The normalized spacial score (nSPS) is 17.6. The third kappa shape index (κ3) is 9.75. The van der Waals surface area contributed by atoms with E-state index in [1.54, 1.807) is 0 Å². The standard InChI is InChI=1S/C26H42N6O5/c27-14-6-4-11-20(23(33)31-21(26(36)37)12-5-7-15-28)30-24(34)22-13-8-16-32(22)25(35)19(29)17-18-9-2-1-3-10-18/h1-3,9-10,19-22H,4-8,11-17,27-29H2,(H,30,34)(H,31,33)(H,36,37). The van der Waals surface area contributed by atoms with Crippen LogP contribution in [0, 0.1) is 0 Å². The number of nitrogens with two attached hydrogens (primary N) is 3. The highest BCUT2D eigenvalue weighted by atomic mass is 16.4. The Morgan fingerprint density at radius 1 is 0.946 bits per heavy atom. The van der Waals surface area contributed by atoms with Gasteiger partial charge in [0.25, 0.3) is 0 Å². The summed E-state index contributed by atoms with van der Waals surface area (Å²) in [6.07, 6.45) is 4.45. The molecule has 37 heavy (non-hydrogen) atoms. The van der Waals surface area contributed by atoms with E-state index in [1.165, 1.54) is 4.90 Å². The molecule has 1 aliphatic rings. The molecule has 3 amide bonds. The molecule has 4 unspecified atom stereocenters. The highest BCUT2D eigenvalue weighted by molar-refractivity contribution is 5.94. The summed E-state index contributed by atoms with van der Waals surface area (Å²) >= 11 is 0. The molecule has 11 heteroatoms. The van der Waals surface area contributed by atoms with Gasteiger partial charge in [-0.1, -0.05) is 30.3 Å². The first-order valence-electron chi connectivity index (χ1n) is 13.1. The van der Waals surface area contributed by atoms with Crippen molar-refractivity contribution in [3.63, 3.8) is 0 Å². The Labute approximate surface area is 218 Å². The van der Waals surface area contributed by atoms with Crippen molar-refractivity contribution >= 4 is 23.7 Å². The van der Waals surface area contributed by atoms with E-state index in [0.717, 1.165) is 5.56 Å². The summed E-state index contributed by atoms with van der Waals surface area (Å²) in [6, 6.07) is 5.89. The van der Waals surface area contributed by atoms with Crippen molar-refractivity contribution in [2.45, 2.75) is 82.0 Å². The number of nitrogens with zero attached hydrogens (tertiary/aromatic N) is 1. The molecule has 11 nitrogen and oxygen atoms in total. The van der Waals surface area contributed by atoms with Crippen LogP contribution >= 0.6 is 0 Å². The lowest BCUT2D eigenvalue weighted by atomic mass is 10.0. The van der Waals surface area contributed by atoms with Crippen LogP contribution in [0.4, 0.5) is 0 Å². The number of hydrogen-bond acceptors (Lipinski definition) is 7. The minimum absolute atomic E-state index is 0.242. The van der Waals surface area contributed by atoms with Crippen LogP contribution < -0.4 is 27.8 Å². The lowest BCUT2D eigenvalue weighted by Crippen LogP contribution is -2.56. The number of carbonyl (C=O) groups excluding carboxylic acids is 3. The summed E-state index contributed by atoms with van der Waals surface area (Å²) in [6.45, 7) is 1.28. The number of rotatable bonds is 16. The molecule has 0 spiro atoms. The zero-order valence-electron chi connectivity index (χ0n) is 21.4. The van der Waals surface area contributed by atoms with Crippen molar-refractivity contribution in [2.75, 3.05) is 19.6 Å². The summed E-state index contributed by atoms with van der Waals surface area (Å²) in [7, 11) is 0. The average Bonchev–Trinajstić information content (AvgIpc) is 3.37. The molecule has 1 fully saturated rings. The van der Waals surface area contributed by atoms with E-state index in [-0.39, 0.29) is 12.3 Å². The van der Waals surface area contributed by atoms with E-state index in [0.29, 0.717) is 71.0 Å². The Balaban J connectivity index is 2.05. The number of benzene rings is 1. The molecule has 0 bridgehead atoms. The van der Waals surface area contributed by atoms with Crippen molar-refractivity contribution in [3.8, 4) is 0 Å². The van der Waals surface area contributed by atoms with Crippen molar-refractivity contribution < 1.29 is 24.3 Å².